The Balaban J connectivity index is 4.56. The minimum Gasteiger partial charge on any atom is -0.756 e. The molecule has 62 heavy (non-hydrogen) atoms. The van der Waals surface area contributed by atoms with Crippen LogP contribution in [-0.2, 0) is 18.4 Å². The van der Waals surface area contributed by atoms with Gasteiger partial charge in [0.25, 0.3) is 7.82 Å². The molecule has 354 valence electrons. The zero-order valence-electron chi connectivity index (χ0n) is 40.0. The molecule has 9 heteroatoms. The second-order valence-electron chi connectivity index (χ2n) is 17.1. The predicted octanol–water partition coefficient (Wildman–Crippen LogP) is 13.4. The summed E-state index contributed by atoms with van der Waals surface area (Å²) in [6, 6.07) is -0.940. The molecule has 0 aromatic heterocycles. The first-order valence-corrected chi connectivity index (χ1v) is 25.7. The molecule has 3 unspecified atom stereocenters. The molecule has 0 aliphatic heterocycles. The minimum atomic E-state index is -4.62. The lowest BCUT2D eigenvalue weighted by atomic mass is 10.1. The predicted molar refractivity (Wildman–Crippen MR) is 265 cm³/mol. The molecule has 2 N–H and O–H groups in total. The second kappa shape index (κ2) is 43.4. The number of phosphoric acid groups is 1. The third kappa shape index (κ3) is 45.2. The van der Waals surface area contributed by atoms with Crippen molar-refractivity contribution in [3.05, 3.63) is 109 Å². The van der Waals surface area contributed by atoms with Gasteiger partial charge in [-0.1, -0.05) is 175 Å². The number of rotatable bonds is 42. The van der Waals surface area contributed by atoms with Gasteiger partial charge < -0.3 is 28.8 Å². The van der Waals surface area contributed by atoms with Crippen LogP contribution in [0, 0.1) is 0 Å². The van der Waals surface area contributed by atoms with Gasteiger partial charge in [0.1, 0.15) is 13.2 Å². The van der Waals surface area contributed by atoms with Crippen molar-refractivity contribution in [3.63, 3.8) is 0 Å². The Bertz CT molecular complexity index is 1370. The molecule has 0 spiro atoms. The normalized spacial score (nSPS) is 15.1. The Kier molecular flexibility index (Phi) is 41.4. The summed E-state index contributed by atoms with van der Waals surface area (Å²) in [7, 11) is 1.18. The minimum absolute atomic E-state index is 0.0241. The van der Waals surface area contributed by atoms with Crippen LogP contribution < -0.4 is 10.2 Å². The topological polar surface area (TPSA) is 108 Å². The summed E-state index contributed by atoms with van der Waals surface area (Å²) < 4.78 is 23.2. The fraction of sp³-hybridized carbons (Fsp3) is 0.642. The Hall–Kier alpha value is -2.84. The van der Waals surface area contributed by atoms with Crippen LogP contribution in [0.15, 0.2) is 109 Å². The Morgan fingerprint density at radius 2 is 1.00 bits per heavy atom. The number of quaternary nitrogens is 1. The van der Waals surface area contributed by atoms with Gasteiger partial charge >= 0.3 is 0 Å². The zero-order chi connectivity index (χ0) is 45.7. The third-order valence-corrected chi connectivity index (χ3v) is 10.9. The molecule has 0 saturated heterocycles. The van der Waals surface area contributed by atoms with E-state index >= 15 is 0 Å². The first kappa shape index (κ1) is 59.2. The summed E-state index contributed by atoms with van der Waals surface area (Å²) in [6.45, 7) is 4.44. The van der Waals surface area contributed by atoms with Gasteiger partial charge in [-0.15, -0.1) is 0 Å². The van der Waals surface area contributed by atoms with Crippen molar-refractivity contribution in [1.29, 1.82) is 0 Å². The van der Waals surface area contributed by atoms with E-state index in [1.807, 2.05) is 27.2 Å². The summed E-state index contributed by atoms with van der Waals surface area (Å²) in [5, 5.41) is 13.8. The molecule has 0 aliphatic carbocycles. The maximum atomic E-state index is 12.9. The van der Waals surface area contributed by atoms with Gasteiger partial charge in [-0.3, -0.25) is 9.36 Å². The van der Waals surface area contributed by atoms with Gasteiger partial charge in [0.2, 0.25) is 5.91 Å². The van der Waals surface area contributed by atoms with Crippen LogP contribution in [0.1, 0.15) is 168 Å². The number of aliphatic hydroxyl groups excluding tert-OH is 1. The van der Waals surface area contributed by atoms with Gasteiger partial charge in [0, 0.05) is 6.42 Å². The van der Waals surface area contributed by atoms with Crippen molar-refractivity contribution in [2.24, 2.45) is 0 Å². The van der Waals surface area contributed by atoms with Crippen LogP contribution in [0.4, 0.5) is 0 Å². The van der Waals surface area contributed by atoms with E-state index in [9.17, 15) is 19.4 Å². The Morgan fingerprint density at radius 3 is 1.50 bits per heavy atom. The number of carbonyl (C=O) groups is 1. The number of allylic oxidation sites excluding steroid dienone is 17. The van der Waals surface area contributed by atoms with Crippen molar-refractivity contribution in [3.8, 4) is 0 Å². The number of hydrogen-bond donors (Lipinski definition) is 2. The summed E-state index contributed by atoms with van der Waals surface area (Å²) >= 11 is 0. The molecule has 0 heterocycles. The number of unbranched alkanes of at least 4 members (excludes halogenated alkanes) is 13. The fourth-order valence-corrected chi connectivity index (χ4v) is 6.85. The number of nitrogens with one attached hydrogen (secondary N) is 1. The molecule has 3 atom stereocenters. The van der Waals surface area contributed by atoms with Gasteiger partial charge in [0.15, 0.2) is 0 Å². The highest BCUT2D eigenvalue weighted by Crippen LogP contribution is 2.38. The highest BCUT2D eigenvalue weighted by Gasteiger charge is 2.23. The van der Waals surface area contributed by atoms with Crippen LogP contribution in [0.3, 0.4) is 0 Å². The Labute approximate surface area is 381 Å². The van der Waals surface area contributed by atoms with Crippen LogP contribution in [0.5, 0.6) is 0 Å². The van der Waals surface area contributed by atoms with Crippen LogP contribution in [0.2, 0.25) is 0 Å². The number of amides is 1. The van der Waals surface area contributed by atoms with E-state index in [0.717, 1.165) is 70.6 Å². The molecule has 0 aromatic rings. The van der Waals surface area contributed by atoms with Gasteiger partial charge in [-0.2, -0.15) is 0 Å². The highest BCUT2D eigenvalue weighted by molar-refractivity contribution is 7.45. The van der Waals surface area contributed by atoms with E-state index in [2.05, 4.69) is 116 Å². The van der Waals surface area contributed by atoms with E-state index < -0.39 is 26.6 Å². The maximum Gasteiger partial charge on any atom is 0.268 e. The molecule has 0 aliphatic rings. The molecule has 0 radical (unpaired) electrons. The number of likely N-dealkylation sites (N-methyl/N-ethyl adjacent to an activating group) is 1. The molecule has 8 nitrogen and oxygen atoms in total. The van der Waals surface area contributed by atoms with Crippen molar-refractivity contribution in [2.45, 2.75) is 180 Å². The van der Waals surface area contributed by atoms with Crippen molar-refractivity contribution in [1.82, 2.24) is 5.32 Å². The molecule has 0 bridgehead atoms. The molecule has 0 rings (SSSR count). The second-order valence-corrected chi connectivity index (χ2v) is 18.5. The van der Waals surface area contributed by atoms with E-state index in [4.69, 9.17) is 9.05 Å². The lowest BCUT2D eigenvalue weighted by Crippen LogP contribution is -2.45. The molecule has 0 fully saturated rings. The zero-order valence-corrected chi connectivity index (χ0v) is 40.9. The van der Waals surface area contributed by atoms with Crippen LogP contribution >= 0.6 is 7.82 Å². The van der Waals surface area contributed by atoms with E-state index in [1.165, 1.54) is 64.2 Å². The quantitative estimate of drug-likeness (QED) is 0.0274. The van der Waals surface area contributed by atoms with Crippen LogP contribution in [0.25, 0.3) is 0 Å². The lowest BCUT2D eigenvalue weighted by Gasteiger charge is -2.29. The van der Waals surface area contributed by atoms with Crippen LogP contribution in [-0.4, -0.2) is 68.5 Å². The monoisotopic (exact) mass is 883 g/mol. The average molecular weight is 883 g/mol. The summed E-state index contributed by atoms with van der Waals surface area (Å²) in [5.74, 6) is -0.259. The van der Waals surface area contributed by atoms with E-state index in [-0.39, 0.29) is 18.9 Å². The smallest absolute Gasteiger partial charge is 0.268 e. The fourth-order valence-electron chi connectivity index (χ4n) is 6.13. The highest BCUT2D eigenvalue weighted by atomic mass is 31.2. The third-order valence-electron chi connectivity index (χ3n) is 9.94. The number of carbonyl (C=O) groups excluding carboxylic acids is 1. The van der Waals surface area contributed by atoms with E-state index in [1.54, 1.807) is 6.08 Å². The summed E-state index contributed by atoms with van der Waals surface area (Å²) in [5.41, 5.74) is 0. The average Bonchev–Trinajstić information content (AvgIpc) is 3.23. The van der Waals surface area contributed by atoms with Gasteiger partial charge in [-0.05, 0) is 96.3 Å². The molecule has 0 aromatic carbocycles. The number of hydrogen-bond acceptors (Lipinski definition) is 6. The first-order chi connectivity index (χ1) is 30.0. The molecular weight excluding hydrogens is 792 g/mol. The molecular formula is C53H91N2O6P. The largest absolute Gasteiger partial charge is 0.756 e. The van der Waals surface area contributed by atoms with Gasteiger partial charge in [-0.25, -0.2) is 0 Å². The standard InChI is InChI=1S/C53H91N2O6P/c1-6-8-10-12-14-16-18-20-22-24-26-27-29-31-33-35-37-39-41-43-45-47-53(57)54-51(50-61-62(58,59)60-49-48-55(3,4)5)52(56)46-44-42-40-38-36-34-32-30-28-25-23-21-19-17-15-13-11-9-7-2/h8,10,14,16,20,22,26-28,30-31,33,36-39,44,46,51-52,56H,6-7,9,11-13,15,17-19,21,23-25,29,32,34-35,40-43,45,47-50H2,1-5H3,(H-,54,57,58,59)/b10-8-,16-14-,22-20-,27-26-,30-28+,33-31-,38-36+,39-37-,46-44+. The SMILES string of the molecule is CC/C=C\C/C=C\C/C=C\C/C=C\C/C=C\C/C=C\CCCCC(=O)NC(COP(=O)([O-])OCC[N+](C)(C)C)C(O)/C=C/CC/C=C/CC/C=C/CCCCCCCCCCC. The first-order valence-electron chi connectivity index (χ1n) is 24.2. The number of nitrogens with zero attached hydrogens (tertiary/aromatic N) is 1. The lowest BCUT2D eigenvalue weighted by molar-refractivity contribution is -0.870. The maximum absolute atomic E-state index is 12.9. The summed E-state index contributed by atoms with van der Waals surface area (Å²) in [4.78, 5) is 25.4. The molecule has 1 amide bonds. The number of phosphoric ester groups is 1. The van der Waals surface area contributed by atoms with E-state index in [0.29, 0.717) is 23.9 Å². The van der Waals surface area contributed by atoms with Crippen molar-refractivity contribution < 1.29 is 32.9 Å². The van der Waals surface area contributed by atoms with Crippen molar-refractivity contribution >= 4 is 13.7 Å². The Morgan fingerprint density at radius 1 is 0.581 bits per heavy atom. The van der Waals surface area contributed by atoms with Gasteiger partial charge in [0.05, 0.1) is 39.9 Å². The van der Waals surface area contributed by atoms with Crippen molar-refractivity contribution in [2.75, 3.05) is 40.9 Å². The molecule has 0 saturated carbocycles. The number of aliphatic hydroxyl groups is 1. The summed E-state index contributed by atoms with van der Waals surface area (Å²) in [6.07, 6.45) is 62.9.